The number of amides is 3. The van der Waals surface area contributed by atoms with Crippen molar-refractivity contribution in [1.29, 1.82) is 0 Å². The monoisotopic (exact) mass is 407 g/mol. The maximum atomic E-state index is 13.3. The molecule has 4 N–H and O–H groups in total. The van der Waals surface area contributed by atoms with Crippen LogP contribution in [-0.4, -0.2) is 23.6 Å². The Kier molecular flexibility index (Phi) is 6.77. The predicted molar refractivity (Wildman–Crippen MR) is 114 cm³/mol. The van der Waals surface area contributed by atoms with E-state index in [1.807, 2.05) is 18.2 Å². The average molecular weight is 407 g/mol. The molecule has 0 aliphatic carbocycles. The first-order chi connectivity index (χ1) is 14.4. The lowest BCUT2D eigenvalue weighted by molar-refractivity contribution is 0.102. The van der Waals surface area contributed by atoms with Crippen molar-refractivity contribution in [3.8, 4) is 0 Å². The van der Waals surface area contributed by atoms with Crippen LogP contribution in [-0.2, 0) is 0 Å². The molecule has 30 heavy (non-hydrogen) atoms. The van der Waals surface area contributed by atoms with Crippen LogP contribution >= 0.6 is 0 Å². The second-order valence-corrected chi connectivity index (χ2v) is 6.76. The number of rotatable bonds is 6. The lowest BCUT2D eigenvalue weighted by Gasteiger charge is -2.14. The van der Waals surface area contributed by atoms with Crippen molar-refractivity contribution < 1.29 is 19.1 Å². The second-order valence-electron chi connectivity index (χ2n) is 6.76. The molecule has 0 radical (unpaired) electrons. The highest BCUT2D eigenvalue weighted by Crippen LogP contribution is 2.19. The minimum absolute atomic E-state index is 0.0947. The number of urea groups is 1. The van der Waals surface area contributed by atoms with Gasteiger partial charge in [0, 0.05) is 23.5 Å². The Balaban J connectivity index is 1.60. The molecular weight excluding hydrogens is 385 g/mol. The Morgan fingerprint density at radius 1 is 0.967 bits per heavy atom. The topological polar surface area (TPSA) is 90.5 Å². The molecule has 1 atom stereocenters. The molecule has 3 aromatic carbocycles. The minimum atomic E-state index is -1.05. The summed E-state index contributed by atoms with van der Waals surface area (Å²) in [6.07, 6.45) is -1.05. The third-order valence-corrected chi connectivity index (χ3v) is 4.47. The van der Waals surface area contributed by atoms with Crippen LogP contribution in [0.4, 0.5) is 20.6 Å². The van der Waals surface area contributed by atoms with Crippen molar-refractivity contribution in [3.05, 3.63) is 95.3 Å². The van der Waals surface area contributed by atoms with Crippen LogP contribution in [0.15, 0.2) is 72.8 Å². The van der Waals surface area contributed by atoms with Crippen LogP contribution in [0.3, 0.4) is 0 Å². The highest BCUT2D eigenvalue weighted by atomic mass is 19.1. The molecule has 0 spiro atoms. The van der Waals surface area contributed by atoms with E-state index in [0.717, 1.165) is 5.56 Å². The van der Waals surface area contributed by atoms with Gasteiger partial charge in [0.25, 0.3) is 5.91 Å². The number of aliphatic hydroxyl groups excluding tert-OH is 1. The van der Waals surface area contributed by atoms with Gasteiger partial charge in [-0.1, -0.05) is 36.4 Å². The zero-order chi connectivity index (χ0) is 21.5. The van der Waals surface area contributed by atoms with Gasteiger partial charge in [0.2, 0.25) is 0 Å². The van der Waals surface area contributed by atoms with Gasteiger partial charge in [-0.25, -0.2) is 9.18 Å². The zero-order valence-corrected chi connectivity index (χ0v) is 16.4. The van der Waals surface area contributed by atoms with Gasteiger partial charge >= 0.3 is 6.03 Å². The molecule has 0 fully saturated rings. The van der Waals surface area contributed by atoms with E-state index in [1.165, 1.54) is 18.2 Å². The smallest absolute Gasteiger partial charge is 0.319 e. The molecule has 0 aromatic heterocycles. The number of halogens is 1. The van der Waals surface area contributed by atoms with E-state index in [0.29, 0.717) is 22.5 Å². The molecular formula is C23H22FN3O3. The molecule has 3 amide bonds. The van der Waals surface area contributed by atoms with E-state index in [9.17, 15) is 19.1 Å². The zero-order valence-electron chi connectivity index (χ0n) is 16.4. The second kappa shape index (κ2) is 9.67. The van der Waals surface area contributed by atoms with Crippen LogP contribution < -0.4 is 16.0 Å². The predicted octanol–water partition coefficient (Wildman–Crippen LogP) is 4.24. The van der Waals surface area contributed by atoms with E-state index < -0.39 is 18.0 Å². The quantitative estimate of drug-likeness (QED) is 0.493. The van der Waals surface area contributed by atoms with E-state index in [1.54, 1.807) is 43.3 Å². The van der Waals surface area contributed by atoms with Crippen molar-refractivity contribution >= 4 is 23.3 Å². The Bertz CT molecular complexity index is 1040. The molecule has 3 aromatic rings. The first-order valence-electron chi connectivity index (χ1n) is 9.38. The van der Waals surface area contributed by atoms with Crippen LogP contribution in [0.5, 0.6) is 0 Å². The molecule has 154 valence electrons. The van der Waals surface area contributed by atoms with Gasteiger partial charge < -0.3 is 21.1 Å². The van der Waals surface area contributed by atoms with Gasteiger partial charge in [0.05, 0.1) is 6.10 Å². The van der Waals surface area contributed by atoms with Gasteiger partial charge in [-0.05, 0) is 54.4 Å². The molecule has 0 aliphatic heterocycles. The molecule has 3 rings (SSSR count). The normalized spacial score (nSPS) is 11.4. The van der Waals surface area contributed by atoms with E-state index >= 15 is 0 Å². The Morgan fingerprint density at radius 3 is 2.47 bits per heavy atom. The van der Waals surface area contributed by atoms with Crippen molar-refractivity contribution in [1.82, 2.24) is 5.32 Å². The number of benzene rings is 3. The largest absolute Gasteiger partial charge is 0.387 e. The van der Waals surface area contributed by atoms with Gasteiger partial charge in [-0.3, -0.25) is 4.79 Å². The number of aryl methyl sites for hydroxylation is 1. The Labute approximate surface area is 173 Å². The average Bonchev–Trinajstić information content (AvgIpc) is 2.74. The van der Waals surface area contributed by atoms with E-state index in [4.69, 9.17) is 0 Å². The third-order valence-electron chi connectivity index (χ3n) is 4.47. The summed E-state index contributed by atoms with van der Waals surface area (Å²) in [5.74, 6) is -0.761. The van der Waals surface area contributed by atoms with Gasteiger partial charge in [-0.15, -0.1) is 0 Å². The van der Waals surface area contributed by atoms with Crippen LogP contribution in [0.1, 0.15) is 27.6 Å². The minimum Gasteiger partial charge on any atom is -0.387 e. The number of aliphatic hydroxyl groups is 1. The Morgan fingerprint density at radius 2 is 1.73 bits per heavy atom. The molecule has 7 heteroatoms. The molecule has 6 nitrogen and oxygen atoms in total. The third kappa shape index (κ3) is 5.65. The van der Waals surface area contributed by atoms with Gasteiger partial charge in [-0.2, -0.15) is 0 Å². The number of carbonyl (C=O) groups is 2. The number of anilines is 2. The maximum Gasteiger partial charge on any atom is 0.319 e. The highest BCUT2D eigenvalue weighted by molar-refractivity contribution is 6.05. The number of nitrogens with one attached hydrogen (secondary N) is 3. The van der Waals surface area contributed by atoms with Crippen molar-refractivity contribution in [3.63, 3.8) is 0 Å². The SMILES string of the molecule is Cc1ccc(C(=O)Nc2ccccc2)cc1NC(=O)NCC(O)c1cccc(F)c1. The fourth-order valence-electron chi connectivity index (χ4n) is 2.81. The van der Waals surface area contributed by atoms with E-state index in [-0.39, 0.29) is 12.5 Å². The van der Waals surface area contributed by atoms with Crippen molar-refractivity contribution in [2.24, 2.45) is 0 Å². The maximum absolute atomic E-state index is 13.3. The summed E-state index contributed by atoms with van der Waals surface area (Å²) in [5, 5.41) is 18.1. The molecule has 0 aliphatic rings. The molecule has 0 bridgehead atoms. The van der Waals surface area contributed by atoms with E-state index in [2.05, 4.69) is 16.0 Å². The van der Waals surface area contributed by atoms with Crippen molar-refractivity contribution in [2.75, 3.05) is 17.2 Å². The summed E-state index contributed by atoms with van der Waals surface area (Å²) in [6.45, 7) is 1.71. The fraction of sp³-hybridized carbons (Fsp3) is 0.130. The standard InChI is InChI=1S/C23H22FN3O3/c1-15-10-11-17(22(29)26-19-8-3-2-4-9-19)13-20(15)27-23(30)25-14-21(28)16-6-5-7-18(24)12-16/h2-13,21,28H,14H2,1H3,(H,26,29)(H2,25,27,30). The summed E-state index contributed by atoms with van der Waals surface area (Å²) in [5.41, 5.74) is 2.66. The number of para-hydroxylation sites is 1. The summed E-state index contributed by atoms with van der Waals surface area (Å²) in [6, 6.07) is 19.0. The summed E-state index contributed by atoms with van der Waals surface area (Å²) in [7, 11) is 0. The summed E-state index contributed by atoms with van der Waals surface area (Å²) >= 11 is 0. The molecule has 0 saturated carbocycles. The number of hydrogen-bond donors (Lipinski definition) is 4. The van der Waals surface area contributed by atoms with Crippen molar-refractivity contribution in [2.45, 2.75) is 13.0 Å². The first-order valence-corrected chi connectivity index (χ1v) is 9.38. The number of hydrogen-bond acceptors (Lipinski definition) is 3. The highest BCUT2D eigenvalue weighted by Gasteiger charge is 2.13. The Hall–Kier alpha value is -3.71. The molecule has 0 heterocycles. The molecule has 0 saturated heterocycles. The van der Waals surface area contributed by atoms with Gasteiger partial charge in [0.1, 0.15) is 5.82 Å². The lowest BCUT2D eigenvalue weighted by Crippen LogP contribution is -2.32. The summed E-state index contributed by atoms with van der Waals surface area (Å²) < 4.78 is 13.3. The van der Waals surface area contributed by atoms with Crippen LogP contribution in [0, 0.1) is 12.7 Å². The van der Waals surface area contributed by atoms with Crippen LogP contribution in [0.2, 0.25) is 0 Å². The van der Waals surface area contributed by atoms with Gasteiger partial charge in [0.15, 0.2) is 0 Å². The lowest BCUT2D eigenvalue weighted by atomic mass is 10.1. The molecule has 1 unspecified atom stereocenters. The summed E-state index contributed by atoms with van der Waals surface area (Å²) in [4.78, 5) is 24.7. The number of carbonyl (C=O) groups excluding carboxylic acids is 2. The first kappa shape index (κ1) is 21.0. The van der Waals surface area contributed by atoms with Crippen LogP contribution in [0.25, 0.3) is 0 Å². The fourth-order valence-corrected chi connectivity index (χ4v) is 2.81.